The van der Waals surface area contributed by atoms with Crippen LogP contribution in [0.25, 0.3) is 11.2 Å². The number of aromatic nitrogens is 4. The Balaban J connectivity index is 1.63. The first kappa shape index (κ1) is 14.0. The topological polar surface area (TPSA) is 98.9 Å². The second-order valence-corrected chi connectivity index (χ2v) is 5.77. The molecule has 1 aromatic carbocycles. The van der Waals surface area contributed by atoms with Crippen molar-refractivity contribution in [1.29, 1.82) is 0 Å². The highest BCUT2D eigenvalue weighted by atomic mass is 32.2. The first-order valence-electron chi connectivity index (χ1n) is 6.50. The van der Waals surface area contributed by atoms with E-state index < -0.39 is 6.29 Å². The summed E-state index contributed by atoms with van der Waals surface area (Å²) >= 11 is 1.37. The molecule has 0 atom stereocenters. The summed E-state index contributed by atoms with van der Waals surface area (Å²) in [6, 6.07) is 6.42. The largest absolute Gasteiger partial charge is 0.586 e. The number of H-pyrrole nitrogens is 1. The summed E-state index contributed by atoms with van der Waals surface area (Å²) < 4.78 is 35.4. The van der Waals surface area contributed by atoms with Gasteiger partial charge in [-0.1, -0.05) is 17.3 Å². The lowest BCUT2D eigenvalue weighted by atomic mass is 10.2. The van der Waals surface area contributed by atoms with Crippen LogP contribution in [0.4, 0.5) is 14.6 Å². The van der Waals surface area contributed by atoms with Crippen LogP contribution < -0.4 is 15.2 Å². The Morgan fingerprint density at radius 1 is 1.30 bits per heavy atom. The number of halogens is 2. The minimum atomic E-state index is -3.64. The van der Waals surface area contributed by atoms with E-state index in [0.717, 1.165) is 4.90 Å². The first-order chi connectivity index (χ1) is 11.0. The summed E-state index contributed by atoms with van der Waals surface area (Å²) in [4.78, 5) is 4.81. The molecule has 1 aliphatic heterocycles. The van der Waals surface area contributed by atoms with Crippen LogP contribution in [0.2, 0.25) is 0 Å². The van der Waals surface area contributed by atoms with E-state index in [9.17, 15) is 8.78 Å². The lowest BCUT2D eigenvalue weighted by molar-refractivity contribution is -0.286. The number of nitrogens with two attached hydrogens (primary N) is 1. The van der Waals surface area contributed by atoms with E-state index >= 15 is 0 Å². The molecule has 118 valence electrons. The fourth-order valence-corrected chi connectivity index (χ4v) is 3.25. The average Bonchev–Trinajstić information content (AvgIpc) is 3.06. The normalized spacial score (nSPS) is 15.2. The van der Waals surface area contributed by atoms with E-state index in [2.05, 4.69) is 29.9 Å². The van der Waals surface area contributed by atoms with Gasteiger partial charge >= 0.3 is 6.29 Å². The molecule has 0 bridgehead atoms. The van der Waals surface area contributed by atoms with Crippen LogP contribution in [0.3, 0.4) is 0 Å². The van der Waals surface area contributed by atoms with Crippen molar-refractivity contribution in [2.75, 3.05) is 5.73 Å². The van der Waals surface area contributed by atoms with Gasteiger partial charge in [0.1, 0.15) is 11.3 Å². The van der Waals surface area contributed by atoms with E-state index in [1.807, 2.05) is 0 Å². The zero-order valence-electron chi connectivity index (χ0n) is 11.4. The molecule has 3 aromatic rings. The third kappa shape index (κ3) is 2.50. The summed E-state index contributed by atoms with van der Waals surface area (Å²) in [5.74, 6) is 0.751. The second-order valence-electron chi connectivity index (χ2n) is 4.75. The van der Waals surface area contributed by atoms with Gasteiger partial charge < -0.3 is 15.2 Å². The maximum Gasteiger partial charge on any atom is 0.586 e. The number of nitrogen functional groups attached to an aromatic ring is 1. The molecule has 23 heavy (non-hydrogen) atoms. The van der Waals surface area contributed by atoms with E-state index in [1.54, 1.807) is 18.2 Å². The first-order valence-corrected chi connectivity index (χ1v) is 7.48. The van der Waals surface area contributed by atoms with Gasteiger partial charge in [-0.3, -0.25) is 0 Å². The minimum absolute atomic E-state index is 0.0222. The summed E-state index contributed by atoms with van der Waals surface area (Å²) in [5.41, 5.74) is 7.35. The Labute approximate surface area is 132 Å². The van der Waals surface area contributed by atoms with Crippen molar-refractivity contribution in [3.05, 3.63) is 29.8 Å². The summed E-state index contributed by atoms with van der Waals surface area (Å²) in [5, 5.41) is 10.3. The van der Waals surface area contributed by atoms with Gasteiger partial charge in [0.2, 0.25) is 0 Å². The van der Waals surface area contributed by atoms with E-state index in [4.69, 9.17) is 5.73 Å². The zero-order chi connectivity index (χ0) is 16.0. The highest BCUT2D eigenvalue weighted by Crippen LogP contribution is 2.45. The van der Waals surface area contributed by atoms with Gasteiger partial charge in [0.15, 0.2) is 17.1 Å². The Kier molecular flexibility index (Phi) is 3.01. The van der Waals surface area contributed by atoms with Crippen molar-refractivity contribution in [3.8, 4) is 11.5 Å². The number of alkyl halides is 2. The number of fused-ring (bicyclic) bond motifs is 2. The van der Waals surface area contributed by atoms with Gasteiger partial charge in [0.25, 0.3) is 0 Å². The molecule has 4 rings (SSSR count). The molecule has 10 heteroatoms. The number of pyridine rings is 1. The summed E-state index contributed by atoms with van der Waals surface area (Å²) in [6.45, 7) is 0. The molecule has 3 heterocycles. The summed E-state index contributed by atoms with van der Waals surface area (Å²) in [7, 11) is 0. The Morgan fingerprint density at radius 3 is 3.04 bits per heavy atom. The molecule has 3 N–H and O–H groups in total. The number of nitrogens with zero attached hydrogens (tertiary/aromatic N) is 3. The van der Waals surface area contributed by atoms with Gasteiger partial charge in [-0.2, -0.15) is 0 Å². The number of benzene rings is 1. The fourth-order valence-electron chi connectivity index (χ4n) is 2.23. The zero-order valence-corrected chi connectivity index (χ0v) is 12.2. The number of aromatic amines is 1. The predicted molar refractivity (Wildman–Crippen MR) is 78.3 cm³/mol. The molecule has 7 nitrogen and oxygen atoms in total. The lowest BCUT2D eigenvalue weighted by Gasteiger charge is -2.07. The number of hydrogen-bond donors (Lipinski definition) is 2. The molecule has 0 saturated heterocycles. The molecule has 0 saturated carbocycles. The highest BCUT2D eigenvalue weighted by molar-refractivity contribution is 7.98. The van der Waals surface area contributed by atoms with Crippen molar-refractivity contribution in [2.45, 2.75) is 16.9 Å². The van der Waals surface area contributed by atoms with Crippen LogP contribution in [-0.2, 0) is 5.75 Å². The molecular weight excluding hydrogens is 328 g/mol. The third-order valence-electron chi connectivity index (χ3n) is 3.18. The van der Waals surface area contributed by atoms with E-state index in [1.165, 1.54) is 17.8 Å². The lowest BCUT2D eigenvalue weighted by Crippen LogP contribution is -2.26. The monoisotopic (exact) mass is 337 g/mol. The number of ether oxygens (including phenoxy) is 2. The van der Waals surface area contributed by atoms with Crippen LogP contribution in [0, 0.1) is 0 Å². The smallest absolute Gasteiger partial charge is 0.395 e. The fraction of sp³-hybridized carbons (Fsp3) is 0.154. The van der Waals surface area contributed by atoms with Gasteiger partial charge in [0, 0.05) is 16.2 Å². The van der Waals surface area contributed by atoms with Crippen molar-refractivity contribution in [2.24, 2.45) is 0 Å². The SMILES string of the molecule is Nc1cc(SCc2cccc3c2OC(F)(F)O3)c2nn[nH]c2n1. The maximum atomic E-state index is 13.2. The third-order valence-corrected chi connectivity index (χ3v) is 4.25. The summed E-state index contributed by atoms with van der Waals surface area (Å²) in [6.07, 6.45) is -3.64. The van der Waals surface area contributed by atoms with Crippen molar-refractivity contribution >= 4 is 28.7 Å². The Hall–Kier alpha value is -2.62. The van der Waals surface area contributed by atoms with E-state index in [-0.39, 0.29) is 11.5 Å². The number of hydrogen-bond acceptors (Lipinski definition) is 7. The maximum absolute atomic E-state index is 13.2. The predicted octanol–water partition coefficient (Wildman–Crippen LogP) is 2.55. The molecule has 0 amide bonds. The molecule has 0 unspecified atom stereocenters. The molecule has 1 aliphatic rings. The number of nitrogens with one attached hydrogen (secondary N) is 1. The van der Waals surface area contributed by atoms with Gasteiger partial charge in [-0.05, 0) is 12.1 Å². The van der Waals surface area contributed by atoms with Crippen LogP contribution >= 0.6 is 11.8 Å². The quantitative estimate of drug-likeness (QED) is 0.709. The van der Waals surface area contributed by atoms with Crippen LogP contribution in [0.5, 0.6) is 11.5 Å². The number of thioether (sulfide) groups is 1. The highest BCUT2D eigenvalue weighted by Gasteiger charge is 2.44. The Morgan fingerprint density at radius 2 is 2.17 bits per heavy atom. The molecule has 0 spiro atoms. The average molecular weight is 337 g/mol. The van der Waals surface area contributed by atoms with Gasteiger partial charge in [-0.15, -0.1) is 25.6 Å². The van der Waals surface area contributed by atoms with Gasteiger partial charge in [-0.25, -0.2) is 10.1 Å². The minimum Gasteiger partial charge on any atom is -0.395 e. The van der Waals surface area contributed by atoms with Gasteiger partial charge in [0.05, 0.1) is 0 Å². The molecule has 0 radical (unpaired) electrons. The number of anilines is 1. The molecule has 0 aliphatic carbocycles. The molecule has 0 fully saturated rings. The van der Waals surface area contributed by atoms with E-state index in [0.29, 0.717) is 28.3 Å². The molecule has 2 aromatic heterocycles. The van der Waals surface area contributed by atoms with Crippen LogP contribution in [0.15, 0.2) is 29.2 Å². The standard InChI is InChI=1S/C13H9F2N5O2S/c14-13(15)21-7-3-1-2-6(11(7)22-13)5-23-8-4-9(16)17-12-10(8)18-20-19-12/h1-4H,5H2,(H3,16,17,18,19,20). The van der Waals surface area contributed by atoms with Crippen LogP contribution in [0.1, 0.15) is 5.56 Å². The van der Waals surface area contributed by atoms with Crippen molar-refractivity contribution in [1.82, 2.24) is 20.4 Å². The van der Waals surface area contributed by atoms with Crippen molar-refractivity contribution in [3.63, 3.8) is 0 Å². The van der Waals surface area contributed by atoms with Crippen molar-refractivity contribution < 1.29 is 18.3 Å². The Bertz CT molecular complexity index is 901. The van der Waals surface area contributed by atoms with Crippen LogP contribution in [-0.4, -0.2) is 26.7 Å². The molecular formula is C13H9F2N5O2S. The number of para-hydroxylation sites is 1. The second kappa shape index (κ2) is 4.95. The number of rotatable bonds is 3.